The van der Waals surface area contributed by atoms with Crippen molar-refractivity contribution in [2.75, 3.05) is 14.2 Å². The molecule has 0 unspecified atom stereocenters. The highest BCUT2D eigenvalue weighted by Crippen LogP contribution is 2.27. The zero-order valence-corrected chi connectivity index (χ0v) is 14.4. The molecule has 2 aromatic carbocycles. The molecule has 0 spiro atoms. The molecule has 2 atom stereocenters. The third kappa shape index (κ3) is 4.19. The number of amides is 1. The van der Waals surface area contributed by atoms with E-state index in [4.69, 9.17) is 14.2 Å². The summed E-state index contributed by atoms with van der Waals surface area (Å²) in [5.41, 5.74) is 0.915. The van der Waals surface area contributed by atoms with Gasteiger partial charge in [0.2, 0.25) is 0 Å². The standard InChI is InChI=1S/C19H23NO4/c1-13(15-9-5-6-10-16(15)22-3)20-19(21)14(2)24-18-12-8-7-11-17(18)23-4/h5-14H,1-4H3,(H,20,21)/t13-,14-/m0/s1. The number of ether oxygens (including phenoxy) is 3. The van der Waals surface area contributed by atoms with Crippen LogP contribution in [0, 0.1) is 0 Å². The van der Waals surface area contributed by atoms with Crippen LogP contribution in [0.15, 0.2) is 48.5 Å². The summed E-state index contributed by atoms with van der Waals surface area (Å²) in [6, 6.07) is 14.6. The quantitative estimate of drug-likeness (QED) is 0.846. The molecule has 1 N–H and O–H groups in total. The SMILES string of the molecule is COc1ccccc1O[C@@H](C)C(=O)N[C@@H](C)c1ccccc1OC. The Labute approximate surface area is 142 Å². The van der Waals surface area contributed by atoms with Gasteiger partial charge in [-0.2, -0.15) is 0 Å². The van der Waals surface area contributed by atoms with E-state index in [-0.39, 0.29) is 11.9 Å². The first-order valence-electron chi connectivity index (χ1n) is 7.79. The molecule has 0 aliphatic rings. The minimum absolute atomic E-state index is 0.197. The summed E-state index contributed by atoms with van der Waals surface area (Å²) in [6.45, 7) is 3.61. The number of hydrogen-bond acceptors (Lipinski definition) is 4. The van der Waals surface area contributed by atoms with Crippen LogP contribution in [0.3, 0.4) is 0 Å². The van der Waals surface area contributed by atoms with Crippen molar-refractivity contribution in [2.24, 2.45) is 0 Å². The van der Waals surface area contributed by atoms with Gasteiger partial charge >= 0.3 is 0 Å². The molecular formula is C19H23NO4. The highest BCUT2D eigenvalue weighted by molar-refractivity contribution is 5.81. The van der Waals surface area contributed by atoms with E-state index in [1.807, 2.05) is 43.3 Å². The molecule has 24 heavy (non-hydrogen) atoms. The molecule has 5 nitrogen and oxygen atoms in total. The van der Waals surface area contributed by atoms with Gasteiger partial charge < -0.3 is 19.5 Å². The summed E-state index contributed by atoms with van der Waals surface area (Å²) in [7, 11) is 3.18. The van der Waals surface area contributed by atoms with E-state index in [1.54, 1.807) is 33.3 Å². The Kier molecular flexibility index (Phi) is 6.07. The number of benzene rings is 2. The summed E-state index contributed by atoms with van der Waals surface area (Å²) in [5.74, 6) is 1.66. The van der Waals surface area contributed by atoms with E-state index in [1.165, 1.54) is 0 Å². The first kappa shape index (κ1) is 17.7. The molecule has 0 heterocycles. The molecule has 0 radical (unpaired) electrons. The van der Waals surface area contributed by atoms with Crippen LogP contribution in [-0.4, -0.2) is 26.2 Å². The molecule has 0 aromatic heterocycles. The Morgan fingerprint density at radius 1 is 0.875 bits per heavy atom. The maximum atomic E-state index is 12.4. The van der Waals surface area contributed by atoms with E-state index < -0.39 is 6.10 Å². The van der Waals surface area contributed by atoms with Gasteiger partial charge in [0.1, 0.15) is 5.75 Å². The average Bonchev–Trinajstić information content (AvgIpc) is 2.61. The lowest BCUT2D eigenvalue weighted by molar-refractivity contribution is -0.127. The van der Waals surface area contributed by atoms with Gasteiger partial charge in [-0.1, -0.05) is 30.3 Å². The average molecular weight is 329 g/mol. The van der Waals surface area contributed by atoms with Gasteiger partial charge in [0.05, 0.1) is 20.3 Å². The molecular weight excluding hydrogens is 306 g/mol. The fraction of sp³-hybridized carbons (Fsp3) is 0.316. The molecule has 0 saturated carbocycles. The lowest BCUT2D eigenvalue weighted by Gasteiger charge is -2.21. The third-order valence-electron chi connectivity index (χ3n) is 3.71. The highest BCUT2D eigenvalue weighted by Gasteiger charge is 2.20. The molecule has 0 aliphatic carbocycles. The van der Waals surface area contributed by atoms with Crippen LogP contribution in [-0.2, 0) is 4.79 Å². The Morgan fingerprint density at radius 2 is 1.42 bits per heavy atom. The monoisotopic (exact) mass is 329 g/mol. The van der Waals surface area contributed by atoms with Crippen molar-refractivity contribution in [1.82, 2.24) is 5.32 Å². The second-order valence-electron chi connectivity index (χ2n) is 5.38. The zero-order chi connectivity index (χ0) is 17.5. The summed E-state index contributed by atoms with van der Waals surface area (Å²) in [6.07, 6.45) is -0.654. The lowest BCUT2D eigenvalue weighted by atomic mass is 10.1. The van der Waals surface area contributed by atoms with Gasteiger partial charge in [-0.25, -0.2) is 0 Å². The number of carbonyl (C=O) groups is 1. The van der Waals surface area contributed by atoms with Gasteiger partial charge in [-0.05, 0) is 32.0 Å². The molecule has 5 heteroatoms. The van der Waals surface area contributed by atoms with Crippen LogP contribution < -0.4 is 19.5 Å². The van der Waals surface area contributed by atoms with Crippen LogP contribution >= 0.6 is 0 Å². The Bertz CT molecular complexity index is 687. The van der Waals surface area contributed by atoms with Crippen LogP contribution in [0.4, 0.5) is 0 Å². The Balaban J connectivity index is 2.03. The van der Waals surface area contributed by atoms with Crippen LogP contribution in [0.2, 0.25) is 0 Å². The number of methoxy groups -OCH3 is 2. The largest absolute Gasteiger partial charge is 0.496 e. The Hall–Kier alpha value is -2.69. The van der Waals surface area contributed by atoms with E-state index in [2.05, 4.69) is 5.32 Å². The van der Waals surface area contributed by atoms with Crippen molar-refractivity contribution < 1.29 is 19.0 Å². The topological polar surface area (TPSA) is 56.8 Å². The third-order valence-corrected chi connectivity index (χ3v) is 3.71. The van der Waals surface area contributed by atoms with Crippen LogP contribution in [0.1, 0.15) is 25.5 Å². The minimum atomic E-state index is -0.654. The molecule has 0 fully saturated rings. The fourth-order valence-corrected chi connectivity index (χ4v) is 2.39. The van der Waals surface area contributed by atoms with Gasteiger partial charge in [-0.3, -0.25) is 4.79 Å². The van der Waals surface area contributed by atoms with Crippen LogP contribution in [0.5, 0.6) is 17.2 Å². The first-order valence-corrected chi connectivity index (χ1v) is 7.79. The summed E-state index contributed by atoms with van der Waals surface area (Å²) in [4.78, 5) is 12.4. The van der Waals surface area contributed by atoms with Crippen LogP contribution in [0.25, 0.3) is 0 Å². The van der Waals surface area contributed by atoms with Crippen molar-refractivity contribution >= 4 is 5.91 Å². The van der Waals surface area contributed by atoms with Gasteiger partial charge in [0.15, 0.2) is 17.6 Å². The maximum absolute atomic E-state index is 12.4. The highest BCUT2D eigenvalue weighted by atomic mass is 16.5. The van der Waals surface area contributed by atoms with E-state index in [9.17, 15) is 4.79 Å². The molecule has 2 rings (SSSR count). The smallest absolute Gasteiger partial charge is 0.261 e. The first-order chi connectivity index (χ1) is 11.6. The maximum Gasteiger partial charge on any atom is 0.261 e. The number of carbonyl (C=O) groups excluding carboxylic acids is 1. The normalized spacial score (nSPS) is 12.8. The van der Waals surface area contributed by atoms with Gasteiger partial charge in [0.25, 0.3) is 5.91 Å². The van der Waals surface area contributed by atoms with E-state index in [0.717, 1.165) is 11.3 Å². The summed E-state index contributed by atoms with van der Waals surface area (Å²) >= 11 is 0. The second-order valence-corrected chi connectivity index (χ2v) is 5.38. The predicted octanol–water partition coefficient (Wildman–Crippen LogP) is 3.35. The van der Waals surface area contributed by atoms with E-state index in [0.29, 0.717) is 11.5 Å². The van der Waals surface area contributed by atoms with Gasteiger partial charge in [-0.15, -0.1) is 0 Å². The molecule has 0 aliphatic heterocycles. The molecule has 1 amide bonds. The summed E-state index contributed by atoms with van der Waals surface area (Å²) < 4.78 is 16.3. The molecule has 0 bridgehead atoms. The zero-order valence-electron chi connectivity index (χ0n) is 14.4. The number of para-hydroxylation sites is 3. The number of hydrogen-bond donors (Lipinski definition) is 1. The predicted molar refractivity (Wildman–Crippen MR) is 92.6 cm³/mol. The van der Waals surface area contributed by atoms with Crippen molar-refractivity contribution in [3.63, 3.8) is 0 Å². The minimum Gasteiger partial charge on any atom is -0.496 e. The van der Waals surface area contributed by atoms with E-state index >= 15 is 0 Å². The van der Waals surface area contributed by atoms with Gasteiger partial charge in [0, 0.05) is 5.56 Å². The molecule has 128 valence electrons. The lowest BCUT2D eigenvalue weighted by Crippen LogP contribution is -2.37. The van der Waals surface area contributed by atoms with Crippen molar-refractivity contribution in [2.45, 2.75) is 26.0 Å². The summed E-state index contributed by atoms with van der Waals surface area (Å²) in [5, 5.41) is 2.94. The molecule has 2 aromatic rings. The Morgan fingerprint density at radius 3 is 2.04 bits per heavy atom. The molecule has 0 saturated heterocycles. The number of nitrogens with one attached hydrogen (secondary N) is 1. The number of rotatable bonds is 7. The second kappa shape index (κ2) is 8.24. The van der Waals surface area contributed by atoms with Crippen molar-refractivity contribution in [1.29, 1.82) is 0 Å². The fourth-order valence-electron chi connectivity index (χ4n) is 2.39. The van der Waals surface area contributed by atoms with Crippen molar-refractivity contribution in [3.8, 4) is 17.2 Å². The van der Waals surface area contributed by atoms with Crippen molar-refractivity contribution in [3.05, 3.63) is 54.1 Å².